The molecule has 0 atom stereocenters. The van der Waals surface area contributed by atoms with E-state index in [2.05, 4.69) is 10.4 Å². The number of rotatable bonds is 5. The largest absolute Gasteiger partial charge is 0.330 e. The lowest BCUT2D eigenvalue weighted by Crippen LogP contribution is -2.17. The van der Waals surface area contributed by atoms with E-state index in [-0.39, 0.29) is 11.9 Å². The quantitative estimate of drug-likeness (QED) is 0.765. The Kier molecular flexibility index (Phi) is 4.30. The summed E-state index contributed by atoms with van der Waals surface area (Å²) in [5.74, 6) is 0.731. The second kappa shape index (κ2) is 5.50. The Bertz CT molecular complexity index is 319. The normalized spacial score (nSPS) is 10.7. The van der Waals surface area contributed by atoms with Gasteiger partial charge in [0.25, 0.3) is 0 Å². The van der Waals surface area contributed by atoms with Gasteiger partial charge in [0.15, 0.2) is 0 Å². The first-order valence-electron chi connectivity index (χ1n) is 5.18. The highest BCUT2D eigenvalue weighted by molar-refractivity contribution is 5.89. The molecule has 0 saturated carbocycles. The molecule has 0 saturated heterocycles. The number of nitrogens with zero attached hydrogens (tertiary/aromatic N) is 2. The topological polar surface area (TPSA) is 72.9 Å². The van der Waals surface area contributed by atoms with Gasteiger partial charge in [0.05, 0.1) is 6.20 Å². The summed E-state index contributed by atoms with van der Waals surface area (Å²) in [7, 11) is 0. The molecule has 1 aromatic heterocycles. The third-order valence-electron chi connectivity index (χ3n) is 2.03. The number of carbonyl (C=O) groups is 1. The van der Waals surface area contributed by atoms with Gasteiger partial charge in [-0.1, -0.05) is 0 Å². The summed E-state index contributed by atoms with van der Waals surface area (Å²) in [4.78, 5) is 11.4. The van der Waals surface area contributed by atoms with Crippen molar-refractivity contribution in [2.75, 3.05) is 11.9 Å². The van der Waals surface area contributed by atoms with Crippen LogP contribution in [0.15, 0.2) is 12.3 Å². The van der Waals surface area contributed by atoms with Gasteiger partial charge >= 0.3 is 0 Å². The minimum atomic E-state index is -0.0112. The fourth-order valence-corrected chi connectivity index (χ4v) is 1.29. The second-order valence-corrected chi connectivity index (χ2v) is 3.70. The molecule has 15 heavy (non-hydrogen) atoms. The molecule has 5 heteroatoms. The number of anilines is 1. The van der Waals surface area contributed by atoms with Crippen LogP contribution >= 0.6 is 0 Å². The minimum absolute atomic E-state index is 0.0112. The van der Waals surface area contributed by atoms with E-state index in [0.717, 1.165) is 5.82 Å². The highest BCUT2D eigenvalue weighted by Gasteiger charge is 2.08. The zero-order chi connectivity index (χ0) is 11.3. The summed E-state index contributed by atoms with van der Waals surface area (Å²) in [6.07, 6.45) is 2.85. The molecule has 0 bridgehead atoms. The first-order chi connectivity index (χ1) is 7.15. The average molecular weight is 210 g/mol. The Morgan fingerprint density at radius 1 is 1.67 bits per heavy atom. The van der Waals surface area contributed by atoms with Crippen molar-refractivity contribution in [1.82, 2.24) is 9.78 Å². The van der Waals surface area contributed by atoms with Crippen LogP contribution in [0, 0.1) is 0 Å². The summed E-state index contributed by atoms with van der Waals surface area (Å²) < 4.78 is 1.78. The monoisotopic (exact) mass is 210 g/mol. The van der Waals surface area contributed by atoms with Gasteiger partial charge in [0.2, 0.25) is 5.91 Å². The van der Waals surface area contributed by atoms with Crippen LogP contribution in [0.2, 0.25) is 0 Å². The summed E-state index contributed by atoms with van der Waals surface area (Å²) in [5, 5.41) is 6.94. The van der Waals surface area contributed by atoms with E-state index in [1.807, 2.05) is 13.8 Å². The van der Waals surface area contributed by atoms with Gasteiger partial charge in [-0.15, -0.1) is 0 Å². The van der Waals surface area contributed by atoms with Gasteiger partial charge in [0, 0.05) is 18.5 Å². The fraction of sp³-hybridized carbons (Fsp3) is 0.600. The van der Waals surface area contributed by atoms with E-state index < -0.39 is 0 Å². The molecule has 84 valence electrons. The molecule has 0 aromatic carbocycles. The number of hydrogen-bond acceptors (Lipinski definition) is 3. The Labute approximate surface area is 89.6 Å². The average Bonchev–Trinajstić information content (AvgIpc) is 2.62. The molecule has 0 radical (unpaired) electrons. The van der Waals surface area contributed by atoms with Crippen molar-refractivity contribution in [2.45, 2.75) is 32.7 Å². The number of aromatic nitrogens is 2. The zero-order valence-electron chi connectivity index (χ0n) is 9.23. The van der Waals surface area contributed by atoms with Gasteiger partial charge in [0.1, 0.15) is 5.82 Å². The number of amides is 1. The molecule has 3 N–H and O–H groups in total. The van der Waals surface area contributed by atoms with Crippen LogP contribution in [-0.2, 0) is 4.79 Å². The van der Waals surface area contributed by atoms with Crippen LogP contribution in [0.1, 0.15) is 32.7 Å². The standard InChI is InChI=1S/C10H18N4O/c1-8(2)14-9(5-7-12-14)13-10(15)4-3-6-11/h5,7-8H,3-4,6,11H2,1-2H3,(H,13,15). The molecule has 0 aliphatic carbocycles. The van der Waals surface area contributed by atoms with Crippen molar-refractivity contribution >= 4 is 11.7 Å². The lowest BCUT2D eigenvalue weighted by atomic mass is 10.3. The first-order valence-corrected chi connectivity index (χ1v) is 5.18. The highest BCUT2D eigenvalue weighted by Crippen LogP contribution is 2.13. The molecule has 0 aliphatic rings. The van der Waals surface area contributed by atoms with E-state index in [9.17, 15) is 4.79 Å². The molecule has 0 unspecified atom stereocenters. The first kappa shape index (κ1) is 11.7. The van der Waals surface area contributed by atoms with Crippen LogP contribution in [0.4, 0.5) is 5.82 Å². The smallest absolute Gasteiger partial charge is 0.225 e. The zero-order valence-corrected chi connectivity index (χ0v) is 9.23. The summed E-state index contributed by atoms with van der Waals surface area (Å²) >= 11 is 0. The molecule has 1 rings (SSSR count). The molecule has 5 nitrogen and oxygen atoms in total. The molecule has 1 amide bonds. The Balaban J connectivity index is 2.56. The van der Waals surface area contributed by atoms with E-state index in [0.29, 0.717) is 19.4 Å². The molecule has 0 fully saturated rings. The number of nitrogens with one attached hydrogen (secondary N) is 1. The van der Waals surface area contributed by atoms with E-state index >= 15 is 0 Å². The predicted molar refractivity (Wildman–Crippen MR) is 59.5 cm³/mol. The van der Waals surface area contributed by atoms with Crippen molar-refractivity contribution in [1.29, 1.82) is 0 Å². The van der Waals surface area contributed by atoms with Gasteiger partial charge in [-0.05, 0) is 26.8 Å². The summed E-state index contributed by atoms with van der Waals surface area (Å²) in [5.41, 5.74) is 5.33. The SMILES string of the molecule is CC(C)n1nccc1NC(=O)CCCN. The molecular formula is C10H18N4O. The van der Waals surface area contributed by atoms with Crippen LogP contribution < -0.4 is 11.1 Å². The molecule has 1 aromatic rings. The molecule has 1 heterocycles. The third-order valence-corrected chi connectivity index (χ3v) is 2.03. The highest BCUT2D eigenvalue weighted by atomic mass is 16.1. The molecule has 0 spiro atoms. The van der Waals surface area contributed by atoms with Crippen molar-refractivity contribution in [3.05, 3.63) is 12.3 Å². The van der Waals surface area contributed by atoms with Crippen LogP contribution in [0.3, 0.4) is 0 Å². The second-order valence-electron chi connectivity index (χ2n) is 3.70. The van der Waals surface area contributed by atoms with Crippen LogP contribution in [-0.4, -0.2) is 22.2 Å². The maximum atomic E-state index is 11.4. The van der Waals surface area contributed by atoms with E-state index in [4.69, 9.17) is 5.73 Å². The third kappa shape index (κ3) is 3.36. The predicted octanol–water partition coefficient (Wildman–Crippen LogP) is 1.14. The Hall–Kier alpha value is -1.36. The van der Waals surface area contributed by atoms with Crippen LogP contribution in [0.5, 0.6) is 0 Å². The fourth-order valence-electron chi connectivity index (χ4n) is 1.29. The van der Waals surface area contributed by atoms with Gasteiger partial charge in [-0.25, -0.2) is 4.68 Å². The van der Waals surface area contributed by atoms with E-state index in [1.165, 1.54) is 0 Å². The molecular weight excluding hydrogens is 192 g/mol. The van der Waals surface area contributed by atoms with Crippen molar-refractivity contribution < 1.29 is 4.79 Å². The van der Waals surface area contributed by atoms with Crippen LogP contribution in [0.25, 0.3) is 0 Å². The van der Waals surface area contributed by atoms with Gasteiger partial charge in [-0.3, -0.25) is 4.79 Å². The van der Waals surface area contributed by atoms with Crippen molar-refractivity contribution in [3.8, 4) is 0 Å². The van der Waals surface area contributed by atoms with Crippen molar-refractivity contribution in [2.24, 2.45) is 5.73 Å². The minimum Gasteiger partial charge on any atom is -0.330 e. The van der Waals surface area contributed by atoms with E-state index in [1.54, 1.807) is 16.9 Å². The number of hydrogen-bond donors (Lipinski definition) is 2. The lowest BCUT2D eigenvalue weighted by Gasteiger charge is -2.11. The Morgan fingerprint density at radius 2 is 2.40 bits per heavy atom. The number of carbonyl (C=O) groups excluding carboxylic acids is 1. The summed E-state index contributed by atoms with van der Waals surface area (Å²) in [6, 6.07) is 2.03. The number of nitrogens with two attached hydrogens (primary N) is 1. The maximum absolute atomic E-state index is 11.4. The summed E-state index contributed by atoms with van der Waals surface area (Å²) in [6.45, 7) is 4.57. The van der Waals surface area contributed by atoms with Gasteiger partial charge in [-0.2, -0.15) is 5.10 Å². The van der Waals surface area contributed by atoms with Crippen molar-refractivity contribution in [3.63, 3.8) is 0 Å². The maximum Gasteiger partial charge on any atom is 0.225 e. The Morgan fingerprint density at radius 3 is 3.00 bits per heavy atom. The van der Waals surface area contributed by atoms with Gasteiger partial charge < -0.3 is 11.1 Å². The molecule has 0 aliphatic heterocycles. The lowest BCUT2D eigenvalue weighted by molar-refractivity contribution is -0.116.